The van der Waals surface area contributed by atoms with E-state index < -0.39 is 12.0 Å². The highest BCUT2D eigenvalue weighted by molar-refractivity contribution is 5.84. The second-order valence-electron chi connectivity index (χ2n) is 6.39. The number of rotatable bonds is 10. The molecule has 0 bridgehead atoms. The van der Waals surface area contributed by atoms with Crippen LogP contribution in [0.15, 0.2) is 48.7 Å². The third-order valence-corrected chi connectivity index (χ3v) is 4.53. The first-order chi connectivity index (χ1) is 13.6. The van der Waals surface area contributed by atoms with Gasteiger partial charge in [0.25, 0.3) is 0 Å². The van der Waals surface area contributed by atoms with Gasteiger partial charge in [-0.1, -0.05) is 24.3 Å². The Balaban J connectivity index is 1.69. The van der Waals surface area contributed by atoms with Gasteiger partial charge in [-0.15, -0.1) is 0 Å². The number of para-hydroxylation sites is 1. The van der Waals surface area contributed by atoms with Crippen molar-refractivity contribution in [2.45, 2.75) is 19.0 Å². The van der Waals surface area contributed by atoms with Crippen LogP contribution < -0.4 is 14.8 Å². The molecule has 3 aromatic rings. The van der Waals surface area contributed by atoms with Gasteiger partial charge in [0, 0.05) is 30.1 Å². The topological polar surface area (TPSA) is 104 Å². The Morgan fingerprint density at radius 1 is 1.21 bits per heavy atom. The molecule has 7 heteroatoms. The second-order valence-corrected chi connectivity index (χ2v) is 6.39. The van der Waals surface area contributed by atoms with Crippen molar-refractivity contribution in [3.63, 3.8) is 0 Å². The quantitative estimate of drug-likeness (QED) is 0.428. The number of carboxylic acids is 1. The number of H-pyrrole nitrogens is 1. The molecule has 0 amide bonds. The predicted octanol–water partition coefficient (Wildman–Crippen LogP) is 2.33. The molecular weight excluding hydrogens is 360 g/mol. The van der Waals surface area contributed by atoms with Crippen molar-refractivity contribution < 1.29 is 24.5 Å². The van der Waals surface area contributed by atoms with Gasteiger partial charge in [-0.25, -0.2) is 0 Å². The van der Waals surface area contributed by atoms with Crippen molar-refractivity contribution in [3.8, 4) is 11.5 Å². The van der Waals surface area contributed by atoms with E-state index in [-0.39, 0.29) is 13.2 Å². The third-order valence-electron chi connectivity index (χ3n) is 4.53. The summed E-state index contributed by atoms with van der Waals surface area (Å²) in [7, 11) is 1.54. The van der Waals surface area contributed by atoms with E-state index in [0.29, 0.717) is 24.5 Å². The maximum absolute atomic E-state index is 11.7. The number of aromatic amines is 1. The summed E-state index contributed by atoms with van der Waals surface area (Å²) in [6, 6.07) is 12.5. The number of carboxylic acid groups (broad SMARTS) is 1. The van der Waals surface area contributed by atoms with Gasteiger partial charge in [0.15, 0.2) is 11.5 Å². The van der Waals surface area contributed by atoms with E-state index in [1.165, 1.54) is 7.11 Å². The molecule has 0 aliphatic heterocycles. The minimum atomic E-state index is -0.903. The van der Waals surface area contributed by atoms with Crippen LogP contribution in [0.1, 0.15) is 11.1 Å². The van der Waals surface area contributed by atoms with Crippen molar-refractivity contribution in [2.24, 2.45) is 0 Å². The monoisotopic (exact) mass is 384 g/mol. The number of aliphatic carboxylic acids is 1. The lowest BCUT2D eigenvalue weighted by molar-refractivity contribution is -0.139. The Labute approximate surface area is 162 Å². The lowest BCUT2D eigenvalue weighted by atomic mass is 10.0. The van der Waals surface area contributed by atoms with Crippen molar-refractivity contribution >= 4 is 16.9 Å². The van der Waals surface area contributed by atoms with Gasteiger partial charge >= 0.3 is 5.97 Å². The first kappa shape index (κ1) is 19.7. The van der Waals surface area contributed by atoms with Crippen LogP contribution in [0.25, 0.3) is 10.9 Å². The van der Waals surface area contributed by atoms with Gasteiger partial charge in [-0.3, -0.25) is 4.79 Å². The summed E-state index contributed by atoms with van der Waals surface area (Å²) in [5.41, 5.74) is 2.82. The summed E-state index contributed by atoms with van der Waals surface area (Å²) in [6.45, 7) is 0.468. The number of aromatic nitrogens is 1. The maximum Gasteiger partial charge on any atom is 0.321 e. The number of ether oxygens (including phenoxy) is 2. The summed E-state index contributed by atoms with van der Waals surface area (Å²) in [6.07, 6.45) is 2.23. The molecule has 4 N–H and O–H groups in total. The van der Waals surface area contributed by atoms with E-state index in [9.17, 15) is 9.90 Å². The van der Waals surface area contributed by atoms with Crippen LogP contribution in [-0.4, -0.2) is 47.5 Å². The fraction of sp³-hybridized carbons (Fsp3) is 0.286. The molecule has 1 aromatic heterocycles. The number of benzene rings is 2. The fourth-order valence-corrected chi connectivity index (χ4v) is 3.11. The molecule has 0 radical (unpaired) electrons. The minimum absolute atomic E-state index is 0.0827. The molecule has 3 rings (SSSR count). The van der Waals surface area contributed by atoms with Gasteiger partial charge in [0.1, 0.15) is 12.6 Å². The second kappa shape index (κ2) is 9.25. The third kappa shape index (κ3) is 4.62. The number of hydrogen-bond donors (Lipinski definition) is 4. The van der Waals surface area contributed by atoms with Gasteiger partial charge in [-0.05, 0) is 29.3 Å². The van der Waals surface area contributed by atoms with E-state index in [0.717, 1.165) is 22.0 Å². The molecular formula is C21H24N2O5. The number of aliphatic hydroxyl groups is 1. The summed E-state index contributed by atoms with van der Waals surface area (Å²) in [4.78, 5) is 14.9. The Bertz CT molecular complexity index is 937. The van der Waals surface area contributed by atoms with Gasteiger partial charge < -0.3 is 30.0 Å². The molecule has 1 atom stereocenters. The zero-order chi connectivity index (χ0) is 19.9. The van der Waals surface area contributed by atoms with Crippen LogP contribution >= 0.6 is 0 Å². The van der Waals surface area contributed by atoms with Gasteiger partial charge in [0.05, 0.1) is 13.7 Å². The molecule has 2 aromatic carbocycles. The molecule has 0 spiro atoms. The summed E-state index contributed by atoms with van der Waals surface area (Å²) in [5, 5.41) is 22.6. The smallest absolute Gasteiger partial charge is 0.321 e. The normalized spacial score (nSPS) is 12.1. The molecule has 0 fully saturated rings. The molecule has 148 valence electrons. The van der Waals surface area contributed by atoms with Crippen LogP contribution in [0.2, 0.25) is 0 Å². The van der Waals surface area contributed by atoms with Crippen LogP contribution in [0.5, 0.6) is 11.5 Å². The Hall–Kier alpha value is -3.03. The molecule has 7 nitrogen and oxygen atoms in total. The molecule has 0 saturated heterocycles. The molecule has 1 heterocycles. The van der Waals surface area contributed by atoms with E-state index >= 15 is 0 Å². The minimum Gasteiger partial charge on any atom is -0.493 e. The highest BCUT2D eigenvalue weighted by Crippen LogP contribution is 2.28. The number of carbonyl (C=O) groups is 1. The van der Waals surface area contributed by atoms with Gasteiger partial charge in [-0.2, -0.15) is 0 Å². The van der Waals surface area contributed by atoms with Crippen LogP contribution in [0, 0.1) is 0 Å². The van der Waals surface area contributed by atoms with Crippen molar-refractivity contribution in [1.29, 1.82) is 0 Å². The van der Waals surface area contributed by atoms with E-state index in [1.807, 2.05) is 36.5 Å². The highest BCUT2D eigenvalue weighted by atomic mass is 16.5. The van der Waals surface area contributed by atoms with E-state index in [1.54, 1.807) is 12.1 Å². The average Bonchev–Trinajstić information content (AvgIpc) is 3.12. The van der Waals surface area contributed by atoms with Crippen LogP contribution in [-0.2, 0) is 17.8 Å². The summed E-state index contributed by atoms with van der Waals surface area (Å²) < 4.78 is 10.7. The Kier molecular flexibility index (Phi) is 6.52. The number of aliphatic hydroxyl groups excluding tert-OH is 1. The summed E-state index contributed by atoms with van der Waals surface area (Å²) in [5.74, 6) is 0.172. The Morgan fingerprint density at radius 2 is 2.04 bits per heavy atom. The first-order valence-corrected chi connectivity index (χ1v) is 9.04. The molecule has 1 unspecified atom stereocenters. The van der Waals surface area contributed by atoms with Crippen molar-refractivity contribution in [2.75, 3.05) is 20.3 Å². The van der Waals surface area contributed by atoms with Crippen molar-refractivity contribution in [1.82, 2.24) is 10.3 Å². The summed E-state index contributed by atoms with van der Waals surface area (Å²) >= 11 is 0. The number of nitrogens with one attached hydrogen (secondary N) is 2. The molecule has 0 saturated carbocycles. The standard InChI is InChI=1S/C21H24N2O5/c1-27-20-10-14(6-7-19(20)28-9-8-24)12-22-18(21(25)26)11-15-13-23-17-5-3-2-4-16(15)17/h2-7,10,13,18,22-24H,8-9,11-12H2,1H3,(H,25,26). The van der Waals surface area contributed by atoms with Crippen molar-refractivity contribution in [3.05, 3.63) is 59.8 Å². The largest absolute Gasteiger partial charge is 0.493 e. The lowest BCUT2D eigenvalue weighted by Gasteiger charge is -2.16. The number of methoxy groups -OCH3 is 1. The average molecular weight is 384 g/mol. The molecule has 0 aliphatic carbocycles. The van der Waals surface area contributed by atoms with Crippen LogP contribution in [0.3, 0.4) is 0 Å². The first-order valence-electron chi connectivity index (χ1n) is 9.04. The Morgan fingerprint density at radius 3 is 2.79 bits per heavy atom. The fourth-order valence-electron chi connectivity index (χ4n) is 3.11. The highest BCUT2D eigenvalue weighted by Gasteiger charge is 2.19. The number of hydrogen-bond acceptors (Lipinski definition) is 5. The lowest BCUT2D eigenvalue weighted by Crippen LogP contribution is -2.38. The van der Waals surface area contributed by atoms with E-state index in [2.05, 4.69) is 10.3 Å². The molecule has 28 heavy (non-hydrogen) atoms. The zero-order valence-corrected chi connectivity index (χ0v) is 15.6. The SMILES string of the molecule is COc1cc(CNC(Cc2c[nH]c3ccccc23)C(=O)O)ccc1OCCO. The van der Waals surface area contributed by atoms with E-state index in [4.69, 9.17) is 14.6 Å². The molecule has 0 aliphatic rings. The maximum atomic E-state index is 11.7. The van der Waals surface area contributed by atoms with Gasteiger partial charge in [0.2, 0.25) is 0 Å². The van der Waals surface area contributed by atoms with Crippen LogP contribution in [0.4, 0.5) is 0 Å². The predicted molar refractivity (Wildman–Crippen MR) is 106 cm³/mol. The number of fused-ring (bicyclic) bond motifs is 1. The zero-order valence-electron chi connectivity index (χ0n) is 15.6.